The Labute approximate surface area is 116 Å². The fraction of sp³-hybridized carbons (Fsp3) is 0.625. The molecule has 1 unspecified atom stereocenters. The molecule has 1 fully saturated rings. The van der Waals surface area contributed by atoms with E-state index in [9.17, 15) is 5.11 Å². The first kappa shape index (κ1) is 14.5. The minimum atomic E-state index is -0.257. The van der Waals surface area contributed by atoms with Crippen molar-refractivity contribution in [3.63, 3.8) is 0 Å². The average molecular weight is 262 g/mol. The van der Waals surface area contributed by atoms with Crippen molar-refractivity contribution >= 4 is 0 Å². The molecular formula is C16H26N2O. The molecule has 1 saturated heterocycles. The largest absolute Gasteiger partial charge is 0.394 e. The van der Waals surface area contributed by atoms with E-state index in [1.165, 1.54) is 17.5 Å². The zero-order valence-corrected chi connectivity index (χ0v) is 12.2. The maximum absolute atomic E-state index is 9.90. The summed E-state index contributed by atoms with van der Waals surface area (Å²) in [5.74, 6) is 0. The van der Waals surface area contributed by atoms with Crippen molar-refractivity contribution < 1.29 is 5.11 Å². The van der Waals surface area contributed by atoms with E-state index in [-0.39, 0.29) is 12.1 Å². The van der Waals surface area contributed by atoms with Crippen molar-refractivity contribution in [2.75, 3.05) is 32.8 Å². The van der Waals surface area contributed by atoms with Gasteiger partial charge in [0, 0.05) is 26.2 Å². The number of piperazine rings is 1. The van der Waals surface area contributed by atoms with Crippen LogP contribution in [0.1, 0.15) is 31.4 Å². The van der Waals surface area contributed by atoms with Gasteiger partial charge in [-0.3, -0.25) is 4.90 Å². The summed E-state index contributed by atoms with van der Waals surface area (Å²) in [6.45, 7) is 8.51. The Kier molecular flexibility index (Phi) is 4.97. The van der Waals surface area contributed by atoms with Crippen molar-refractivity contribution in [3.8, 4) is 0 Å². The quantitative estimate of drug-likeness (QED) is 0.848. The van der Waals surface area contributed by atoms with Crippen LogP contribution in [-0.2, 0) is 12.0 Å². The highest BCUT2D eigenvalue weighted by atomic mass is 16.3. The normalized spacial score (nSPS) is 20.2. The van der Waals surface area contributed by atoms with Crippen molar-refractivity contribution in [1.29, 1.82) is 0 Å². The first-order valence-corrected chi connectivity index (χ1v) is 7.36. The lowest BCUT2D eigenvalue weighted by Gasteiger charge is -2.43. The Morgan fingerprint density at radius 1 is 1.21 bits per heavy atom. The minimum Gasteiger partial charge on any atom is -0.394 e. The molecule has 1 atom stereocenters. The Balaban J connectivity index is 2.19. The Bertz CT molecular complexity index is 384. The summed E-state index contributed by atoms with van der Waals surface area (Å²) in [6.07, 6.45) is 2.30. The Hall–Kier alpha value is -0.900. The number of hydrogen-bond acceptors (Lipinski definition) is 3. The van der Waals surface area contributed by atoms with Crippen LogP contribution in [0.5, 0.6) is 0 Å². The smallest absolute Gasteiger partial charge is 0.0666 e. The van der Waals surface area contributed by atoms with Gasteiger partial charge < -0.3 is 10.4 Å². The zero-order valence-electron chi connectivity index (χ0n) is 12.2. The molecule has 0 saturated carbocycles. The standard InChI is InChI=1S/C16H26N2O/c1-3-4-14-5-7-15(8-6-14)16(2,13-19)18-11-9-17-10-12-18/h5-8,17,19H,3-4,9-13H2,1-2H3. The summed E-state index contributed by atoms with van der Waals surface area (Å²) >= 11 is 0. The van der Waals surface area contributed by atoms with Gasteiger partial charge in [0.1, 0.15) is 0 Å². The third kappa shape index (κ3) is 3.16. The maximum Gasteiger partial charge on any atom is 0.0666 e. The van der Waals surface area contributed by atoms with Crippen LogP contribution in [0.2, 0.25) is 0 Å². The summed E-state index contributed by atoms with van der Waals surface area (Å²) in [7, 11) is 0. The maximum atomic E-state index is 9.90. The van der Waals surface area contributed by atoms with Gasteiger partial charge in [-0.25, -0.2) is 0 Å². The second-order valence-electron chi connectivity index (χ2n) is 5.62. The van der Waals surface area contributed by atoms with Crippen molar-refractivity contribution in [2.24, 2.45) is 0 Å². The molecule has 19 heavy (non-hydrogen) atoms. The number of rotatable bonds is 5. The number of aryl methyl sites for hydroxylation is 1. The second-order valence-corrected chi connectivity index (χ2v) is 5.62. The van der Waals surface area contributed by atoms with Crippen molar-refractivity contribution in [2.45, 2.75) is 32.2 Å². The van der Waals surface area contributed by atoms with E-state index in [0.29, 0.717) is 0 Å². The highest BCUT2D eigenvalue weighted by Gasteiger charge is 2.33. The molecule has 3 heteroatoms. The molecule has 1 heterocycles. The minimum absolute atomic E-state index is 0.167. The topological polar surface area (TPSA) is 35.5 Å². The van der Waals surface area contributed by atoms with Gasteiger partial charge in [-0.05, 0) is 24.5 Å². The summed E-state index contributed by atoms with van der Waals surface area (Å²) in [5, 5.41) is 13.3. The molecule has 3 nitrogen and oxygen atoms in total. The fourth-order valence-corrected chi connectivity index (χ4v) is 2.85. The van der Waals surface area contributed by atoms with E-state index in [2.05, 4.69) is 48.3 Å². The van der Waals surface area contributed by atoms with Gasteiger partial charge in [-0.1, -0.05) is 37.6 Å². The number of nitrogens with one attached hydrogen (secondary N) is 1. The number of hydrogen-bond donors (Lipinski definition) is 2. The molecule has 0 aliphatic carbocycles. The van der Waals surface area contributed by atoms with Gasteiger partial charge in [-0.15, -0.1) is 0 Å². The van der Waals surface area contributed by atoms with E-state index in [1.54, 1.807) is 0 Å². The van der Waals surface area contributed by atoms with Crippen LogP contribution in [-0.4, -0.2) is 42.8 Å². The summed E-state index contributed by atoms with van der Waals surface area (Å²) in [5.41, 5.74) is 2.34. The Morgan fingerprint density at radius 2 is 1.84 bits per heavy atom. The van der Waals surface area contributed by atoms with Crippen LogP contribution < -0.4 is 5.32 Å². The molecule has 2 N–H and O–H groups in total. The van der Waals surface area contributed by atoms with Gasteiger partial charge in [0.25, 0.3) is 0 Å². The zero-order chi connectivity index (χ0) is 13.7. The molecular weight excluding hydrogens is 236 g/mol. The molecule has 0 amide bonds. The van der Waals surface area contributed by atoms with Gasteiger partial charge in [0.05, 0.1) is 12.1 Å². The molecule has 1 aromatic rings. The lowest BCUT2D eigenvalue weighted by Crippen LogP contribution is -2.54. The van der Waals surface area contributed by atoms with Crippen LogP contribution in [0, 0.1) is 0 Å². The van der Waals surface area contributed by atoms with Gasteiger partial charge >= 0.3 is 0 Å². The number of aliphatic hydroxyl groups excluding tert-OH is 1. The predicted molar refractivity (Wildman–Crippen MR) is 79.3 cm³/mol. The summed E-state index contributed by atoms with van der Waals surface area (Å²) in [6, 6.07) is 8.77. The average Bonchev–Trinajstić information content (AvgIpc) is 2.48. The van der Waals surface area contributed by atoms with E-state index < -0.39 is 0 Å². The molecule has 1 aromatic carbocycles. The number of aliphatic hydroxyl groups is 1. The van der Waals surface area contributed by atoms with Gasteiger partial charge in [-0.2, -0.15) is 0 Å². The molecule has 106 valence electrons. The molecule has 2 rings (SSSR count). The predicted octanol–water partition coefficient (Wildman–Crippen LogP) is 1.75. The van der Waals surface area contributed by atoms with Crippen LogP contribution in [0.25, 0.3) is 0 Å². The fourth-order valence-electron chi connectivity index (χ4n) is 2.85. The van der Waals surface area contributed by atoms with E-state index in [0.717, 1.165) is 32.6 Å². The SMILES string of the molecule is CCCc1ccc(C(C)(CO)N2CCNCC2)cc1. The van der Waals surface area contributed by atoms with Crippen molar-refractivity contribution in [3.05, 3.63) is 35.4 Å². The Morgan fingerprint density at radius 3 is 2.37 bits per heavy atom. The van der Waals surface area contributed by atoms with Crippen LogP contribution in [0.15, 0.2) is 24.3 Å². The summed E-state index contributed by atoms with van der Waals surface area (Å²) in [4.78, 5) is 2.39. The van der Waals surface area contributed by atoms with Gasteiger partial charge in [0.2, 0.25) is 0 Å². The number of benzene rings is 1. The van der Waals surface area contributed by atoms with E-state index in [4.69, 9.17) is 0 Å². The lowest BCUT2D eigenvalue weighted by atomic mass is 9.89. The molecule has 0 bridgehead atoms. The second kappa shape index (κ2) is 6.51. The van der Waals surface area contributed by atoms with E-state index in [1.807, 2.05) is 0 Å². The van der Waals surface area contributed by atoms with E-state index >= 15 is 0 Å². The first-order valence-electron chi connectivity index (χ1n) is 7.36. The highest BCUT2D eigenvalue weighted by Crippen LogP contribution is 2.28. The van der Waals surface area contributed by atoms with Crippen LogP contribution >= 0.6 is 0 Å². The molecule has 1 aliphatic heterocycles. The molecule has 0 radical (unpaired) electrons. The van der Waals surface area contributed by atoms with Gasteiger partial charge in [0.15, 0.2) is 0 Å². The third-order valence-electron chi connectivity index (χ3n) is 4.24. The van der Waals surface area contributed by atoms with Crippen LogP contribution in [0.3, 0.4) is 0 Å². The monoisotopic (exact) mass is 262 g/mol. The third-order valence-corrected chi connectivity index (χ3v) is 4.24. The molecule has 1 aliphatic rings. The molecule has 0 aromatic heterocycles. The van der Waals surface area contributed by atoms with Crippen LogP contribution in [0.4, 0.5) is 0 Å². The lowest BCUT2D eigenvalue weighted by molar-refractivity contribution is 0.0311. The number of nitrogens with zero attached hydrogens (tertiary/aromatic N) is 1. The first-order chi connectivity index (χ1) is 9.20. The summed E-state index contributed by atoms with van der Waals surface area (Å²) < 4.78 is 0. The van der Waals surface area contributed by atoms with Crippen molar-refractivity contribution in [1.82, 2.24) is 10.2 Å². The highest BCUT2D eigenvalue weighted by molar-refractivity contribution is 5.28. The molecule has 0 spiro atoms.